The molecule has 0 saturated heterocycles. The SMILES string of the molecule is O=[C-]Nc1cccc(O)c1.[Y].[Y].[Y].[Y].[Y]. The van der Waals surface area contributed by atoms with Crippen LogP contribution >= 0.6 is 0 Å². The summed E-state index contributed by atoms with van der Waals surface area (Å²) < 4.78 is 0. The maximum atomic E-state index is 9.77. The normalized spacial score (nSPS) is 5.87. The zero-order valence-electron chi connectivity index (χ0n) is 8.05. The van der Waals surface area contributed by atoms with Gasteiger partial charge in [-0.15, -0.1) is 11.8 Å². The standard InChI is InChI=1S/C7H6NO2.5Y/c9-5-8-6-2-1-3-7(10)4-6;;;;;/h1-4,10H,(H,8,9);;;;;/q-1;;;;;. The minimum absolute atomic E-state index is 0. The van der Waals surface area contributed by atoms with Crippen LogP contribution in [0.5, 0.6) is 5.75 Å². The number of anilines is 1. The molecular weight excluding hydrogens is 575 g/mol. The van der Waals surface area contributed by atoms with E-state index in [0.29, 0.717) is 5.69 Å². The first-order valence-corrected chi connectivity index (χ1v) is 2.75. The van der Waals surface area contributed by atoms with Crippen molar-refractivity contribution in [1.29, 1.82) is 0 Å². The quantitative estimate of drug-likeness (QED) is 0.403. The van der Waals surface area contributed by atoms with Gasteiger partial charge in [0, 0.05) is 164 Å². The Morgan fingerprint density at radius 1 is 1.07 bits per heavy atom. The molecule has 0 atom stereocenters. The molecule has 15 heavy (non-hydrogen) atoms. The molecule has 0 bridgehead atoms. The maximum absolute atomic E-state index is 9.77. The predicted octanol–water partition coefficient (Wildman–Crippen LogP) is 0.859. The molecule has 0 heterocycles. The zero-order valence-corrected chi connectivity index (χ0v) is 22.2. The van der Waals surface area contributed by atoms with Gasteiger partial charge in [-0.3, -0.25) is 0 Å². The molecule has 67 valence electrons. The number of benzene rings is 1. The molecule has 1 amide bonds. The summed E-state index contributed by atoms with van der Waals surface area (Å²) in [4.78, 5) is 9.77. The third-order valence-corrected chi connectivity index (χ3v) is 1.04. The fourth-order valence-corrected chi connectivity index (χ4v) is 0.643. The van der Waals surface area contributed by atoms with E-state index in [1.165, 1.54) is 18.5 Å². The zero-order chi connectivity index (χ0) is 7.40. The Labute approximate surface area is 215 Å². The minimum Gasteiger partial charge on any atom is -0.509 e. The van der Waals surface area contributed by atoms with Crippen LogP contribution in [0.4, 0.5) is 5.69 Å². The van der Waals surface area contributed by atoms with Gasteiger partial charge < -0.3 is 15.2 Å². The molecule has 0 saturated carbocycles. The number of hydrogen-bond acceptors (Lipinski definition) is 2. The van der Waals surface area contributed by atoms with Crippen LogP contribution in [-0.4, -0.2) is 11.5 Å². The molecular formula is C7H6NO2Y5-. The average Bonchev–Trinajstić information content (AvgIpc) is 1.88. The van der Waals surface area contributed by atoms with Gasteiger partial charge in [-0.1, -0.05) is 12.1 Å². The smallest absolute Gasteiger partial charge is 0.0993 e. The van der Waals surface area contributed by atoms with E-state index < -0.39 is 0 Å². The fraction of sp³-hybridized carbons (Fsp3) is 0. The predicted molar refractivity (Wildman–Crippen MR) is 37.4 cm³/mol. The number of rotatable bonds is 2. The van der Waals surface area contributed by atoms with Crippen molar-refractivity contribution in [3.8, 4) is 5.75 Å². The summed E-state index contributed by atoms with van der Waals surface area (Å²) in [5.41, 5.74) is 0.537. The van der Waals surface area contributed by atoms with Gasteiger partial charge in [-0.2, -0.15) is 0 Å². The fourth-order valence-electron chi connectivity index (χ4n) is 0.643. The van der Waals surface area contributed by atoms with Gasteiger partial charge in [0.25, 0.3) is 0 Å². The topological polar surface area (TPSA) is 49.3 Å². The van der Waals surface area contributed by atoms with Crippen LogP contribution in [0.15, 0.2) is 24.3 Å². The Morgan fingerprint density at radius 3 is 2.00 bits per heavy atom. The molecule has 0 aromatic heterocycles. The first-order chi connectivity index (χ1) is 4.83. The van der Waals surface area contributed by atoms with E-state index in [-0.39, 0.29) is 169 Å². The molecule has 0 aliphatic rings. The molecule has 1 aromatic carbocycles. The van der Waals surface area contributed by atoms with Gasteiger partial charge in [-0.05, 0) is 6.07 Å². The maximum Gasteiger partial charge on any atom is 0.0993 e. The van der Waals surface area contributed by atoms with E-state index in [2.05, 4.69) is 5.32 Å². The second kappa shape index (κ2) is 20.3. The van der Waals surface area contributed by atoms with Gasteiger partial charge >= 0.3 is 0 Å². The second-order valence-corrected chi connectivity index (χ2v) is 1.78. The van der Waals surface area contributed by atoms with E-state index in [1.54, 1.807) is 12.1 Å². The first kappa shape index (κ1) is 31.4. The molecule has 2 N–H and O–H groups in total. The van der Waals surface area contributed by atoms with Crippen molar-refractivity contribution in [1.82, 2.24) is 0 Å². The summed E-state index contributed by atoms with van der Waals surface area (Å²) >= 11 is 0. The Bertz CT molecular complexity index is 249. The Balaban J connectivity index is -0.0000000667. The molecule has 8 heteroatoms. The van der Waals surface area contributed by atoms with Crippen molar-refractivity contribution < 1.29 is 173 Å². The summed E-state index contributed by atoms with van der Waals surface area (Å²) in [7, 11) is 0. The van der Waals surface area contributed by atoms with Crippen LogP contribution in [-0.2, 0) is 168 Å². The van der Waals surface area contributed by atoms with Crippen LogP contribution in [0, 0.1) is 0 Å². The van der Waals surface area contributed by atoms with Crippen molar-refractivity contribution in [2.75, 3.05) is 5.32 Å². The number of aromatic hydroxyl groups is 1. The number of carbonyl (C=O) groups excluding carboxylic acids is 1. The van der Waals surface area contributed by atoms with Crippen LogP contribution in [0.1, 0.15) is 0 Å². The van der Waals surface area contributed by atoms with E-state index in [1.807, 2.05) is 0 Å². The monoisotopic (exact) mass is 581 g/mol. The molecule has 0 unspecified atom stereocenters. The Morgan fingerprint density at radius 2 is 1.60 bits per heavy atom. The summed E-state index contributed by atoms with van der Waals surface area (Å²) in [5.74, 6) is 0.125. The van der Waals surface area contributed by atoms with Gasteiger partial charge in [0.1, 0.15) is 0 Å². The van der Waals surface area contributed by atoms with Gasteiger partial charge in [0.2, 0.25) is 0 Å². The van der Waals surface area contributed by atoms with Gasteiger partial charge in [-0.25, -0.2) is 0 Å². The molecule has 1 rings (SSSR count). The molecule has 0 spiro atoms. The van der Waals surface area contributed by atoms with Crippen molar-refractivity contribution in [2.24, 2.45) is 0 Å². The third-order valence-electron chi connectivity index (χ3n) is 1.04. The number of phenolic OH excluding ortho intramolecular Hbond substituents is 1. The molecule has 0 aliphatic heterocycles. The summed E-state index contributed by atoms with van der Waals surface area (Å²) in [6.45, 7) is 0. The van der Waals surface area contributed by atoms with E-state index >= 15 is 0 Å². The van der Waals surface area contributed by atoms with Crippen molar-refractivity contribution in [3.05, 3.63) is 24.3 Å². The van der Waals surface area contributed by atoms with Gasteiger partial charge in [0.05, 0.1) is 12.2 Å². The largest absolute Gasteiger partial charge is 0.509 e. The van der Waals surface area contributed by atoms with E-state index in [4.69, 9.17) is 5.11 Å². The first-order valence-electron chi connectivity index (χ1n) is 2.75. The third kappa shape index (κ3) is 16.0. The number of amides is 1. The van der Waals surface area contributed by atoms with E-state index in [9.17, 15) is 4.79 Å². The Hall–Kier alpha value is 4.01. The number of phenols is 1. The molecule has 0 fully saturated rings. The van der Waals surface area contributed by atoms with Crippen LogP contribution < -0.4 is 5.32 Å². The summed E-state index contributed by atoms with van der Waals surface area (Å²) in [6.07, 6.45) is 1.50. The summed E-state index contributed by atoms with van der Waals surface area (Å²) in [5, 5.41) is 11.2. The minimum atomic E-state index is 0. The van der Waals surface area contributed by atoms with Crippen molar-refractivity contribution >= 4 is 12.1 Å². The molecule has 5 radical (unpaired) electrons. The van der Waals surface area contributed by atoms with Crippen LogP contribution in [0.3, 0.4) is 0 Å². The van der Waals surface area contributed by atoms with Gasteiger partial charge in [0.15, 0.2) is 0 Å². The summed E-state index contributed by atoms with van der Waals surface area (Å²) in [6, 6.07) is 6.25. The number of nitrogens with one attached hydrogen (secondary N) is 1. The van der Waals surface area contributed by atoms with Crippen molar-refractivity contribution in [3.63, 3.8) is 0 Å². The second-order valence-electron chi connectivity index (χ2n) is 1.78. The number of hydrogen-bond donors (Lipinski definition) is 2. The van der Waals surface area contributed by atoms with Crippen LogP contribution in [0.2, 0.25) is 0 Å². The molecule has 3 nitrogen and oxygen atoms in total. The van der Waals surface area contributed by atoms with Crippen LogP contribution in [0.25, 0.3) is 0 Å². The Kier molecular flexibility index (Phi) is 42.6. The average molecular weight is 581 g/mol. The molecule has 1 aromatic rings. The van der Waals surface area contributed by atoms with Crippen molar-refractivity contribution in [2.45, 2.75) is 0 Å². The van der Waals surface area contributed by atoms with E-state index in [0.717, 1.165) is 0 Å². The molecule has 0 aliphatic carbocycles.